The first kappa shape index (κ1) is 26.4. The van der Waals surface area contributed by atoms with E-state index in [1.807, 2.05) is 6.92 Å². The van der Waals surface area contributed by atoms with Gasteiger partial charge in [0.15, 0.2) is 0 Å². The van der Waals surface area contributed by atoms with E-state index in [1.54, 1.807) is 16.4 Å². The van der Waals surface area contributed by atoms with Gasteiger partial charge in [0, 0.05) is 43.8 Å². The second kappa shape index (κ2) is 9.84. The highest BCUT2D eigenvalue weighted by atomic mass is 32.3. The monoisotopic (exact) mass is 552 g/mol. The Labute approximate surface area is 216 Å². The van der Waals surface area contributed by atoms with Crippen molar-refractivity contribution in [3.05, 3.63) is 76.4 Å². The van der Waals surface area contributed by atoms with Crippen LogP contribution in [0.4, 0.5) is 8.78 Å². The third-order valence-corrected chi connectivity index (χ3v) is 11.1. The van der Waals surface area contributed by atoms with Crippen LogP contribution in [0, 0.1) is 18.6 Å². The number of aryl methyl sites for hydroxylation is 1. The fourth-order valence-corrected chi connectivity index (χ4v) is 8.58. The summed E-state index contributed by atoms with van der Waals surface area (Å²) in [6, 6.07) is 9.06. The van der Waals surface area contributed by atoms with Crippen LogP contribution in [-0.4, -0.2) is 72.6 Å². The van der Waals surface area contributed by atoms with E-state index in [0.717, 1.165) is 34.9 Å². The molecule has 2 aromatic rings. The van der Waals surface area contributed by atoms with Crippen LogP contribution in [0.2, 0.25) is 0 Å². The Hall–Kier alpha value is -2.19. The molecule has 1 fully saturated rings. The summed E-state index contributed by atoms with van der Waals surface area (Å²) in [4.78, 5) is 2.24. The molecule has 0 spiro atoms. The lowest BCUT2D eigenvalue weighted by Gasteiger charge is -2.39. The molecule has 4 atom stereocenters. The maximum absolute atomic E-state index is 14.2. The van der Waals surface area contributed by atoms with Gasteiger partial charge in [0.05, 0.1) is 11.5 Å². The number of nitrogens with two attached hydrogens (primary N) is 1. The highest BCUT2D eigenvalue weighted by molar-refractivity contribution is 8.08. The first-order chi connectivity index (χ1) is 17.4. The van der Waals surface area contributed by atoms with Crippen LogP contribution in [-0.2, 0) is 24.7 Å². The van der Waals surface area contributed by atoms with E-state index in [9.17, 15) is 21.4 Å². The van der Waals surface area contributed by atoms with Crippen molar-refractivity contribution in [1.82, 2.24) is 13.3 Å². The Morgan fingerprint density at radius 2 is 1.68 bits per heavy atom. The van der Waals surface area contributed by atoms with Crippen LogP contribution >= 0.6 is 0 Å². The SMILES string of the molecule is C=S(=O)(NS(=O)(=O)c1ccc(C)cc1)N1CC2=C(CN(C3COC(c4cc(F)ccc4F)C(N)C3)C2)C1. The Balaban J connectivity index is 1.18. The minimum absolute atomic E-state index is 0.00827. The van der Waals surface area contributed by atoms with Gasteiger partial charge in [-0.25, -0.2) is 25.7 Å². The molecule has 2 aromatic carbocycles. The van der Waals surface area contributed by atoms with Gasteiger partial charge in [-0.2, -0.15) is 0 Å². The number of benzene rings is 2. The molecule has 37 heavy (non-hydrogen) atoms. The third-order valence-electron chi connectivity index (χ3n) is 7.19. The number of nitrogens with one attached hydrogen (secondary N) is 1. The molecule has 3 heterocycles. The third kappa shape index (κ3) is 5.37. The van der Waals surface area contributed by atoms with Gasteiger partial charge in [-0.05, 0) is 60.7 Å². The zero-order chi connectivity index (χ0) is 26.5. The largest absolute Gasteiger partial charge is 0.370 e. The molecular formula is C25H30F2N4O4S2. The molecule has 200 valence electrons. The number of ether oxygens (including phenoxy) is 1. The molecule has 3 aliphatic rings. The summed E-state index contributed by atoms with van der Waals surface area (Å²) >= 11 is 0. The minimum Gasteiger partial charge on any atom is -0.370 e. The number of hydrogen-bond donors (Lipinski definition) is 2. The Kier molecular flexibility index (Phi) is 7.03. The van der Waals surface area contributed by atoms with E-state index in [1.165, 1.54) is 12.1 Å². The van der Waals surface area contributed by atoms with Crippen LogP contribution in [0.1, 0.15) is 23.7 Å². The van der Waals surface area contributed by atoms with Crippen molar-refractivity contribution >= 4 is 25.8 Å². The van der Waals surface area contributed by atoms with Crippen LogP contribution in [0.15, 0.2) is 58.5 Å². The molecule has 5 rings (SSSR count). The lowest BCUT2D eigenvalue weighted by molar-refractivity contribution is -0.0467. The zero-order valence-electron chi connectivity index (χ0n) is 20.4. The van der Waals surface area contributed by atoms with E-state index in [-0.39, 0.29) is 16.5 Å². The zero-order valence-corrected chi connectivity index (χ0v) is 22.0. The molecule has 0 saturated carbocycles. The summed E-state index contributed by atoms with van der Waals surface area (Å²) in [6.45, 7) is 4.05. The van der Waals surface area contributed by atoms with Gasteiger partial charge >= 0.3 is 0 Å². The molecule has 3 N–H and O–H groups in total. The van der Waals surface area contributed by atoms with Gasteiger partial charge in [0.25, 0.3) is 10.0 Å². The summed E-state index contributed by atoms with van der Waals surface area (Å²) in [7, 11) is -7.29. The number of nitrogens with zero attached hydrogens (tertiary/aromatic N) is 2. The van der Waals surface area contributed by atoms with Gasteiger partial charge < -0.3 is 10.5 Å². The van der Waals surface area contributed by atoms with Crippen LogP contribution < -0.4 is 9.86 Å². The summed E-state index contributed by atoms with van der Waals surface area (Å²) in [6.07, 6.45) is -0.171. The van der Waals surface area contributed by atoms with E-state index in [4.69, 9.17) is 10.5 Å². The lowest BCUT2D eigenvalue weighted by atomic mass is 9.93. The van der Waals surface area contributed by atoms with Crippen molar-refractivity contribution in [2.45, 2.75) is 36.4 Å². The maximum Gasteiger partial charge on any atom is 0.252 e. The number of rotatable bonds is 6. The van der Waals surface area contributed by atoms with Gasteiger partial charge in [0.2, 0.25) is 0 Å². The maximum atomic E-state index is 14.2. The second-order valence-electron chi connectivity index (χ2n) is 9.92. The molecule has 0 radical (unpaired) electrons. The average molecular weight is 553 g/mol. The summed E-state index contributed by atoms with van der Waals surface area (Å²) in [5, 5.41) is 0. The molecule has 12 heteroatoms. The Morgan fingerprint density at radius 3 is 2.30 bits per heavy atom. The average Bonchev–Trinajstić information content (AvgIpc) is 3.41. The van der Waals surface area contributed by atoms with Crippen LogP contribution in [0.3, 0.4) is 0 Å². The standard InChI is InChI=1S/C25H30F2N4O4S2/c1-16-3-6-21(7-4-16)37(33,34)29-36(2,32)31-13-17-11-30(12-18(17)14-31)20-10-24(28)25(35-15-20)22-9-19(26)5-8-23(22)27/h3-9,20,24-25H,2,10-15,28H2,1H3,(H,29,32). The fourth-order valence-electron chi connectivity index (χ4n) is 5.18. The molecule has 0 aliphatic carbocycles. The van der Waals surface area contributed by atoms with Crippen molar-refractivity contribution in [2.24, 2.45) is 5.73 Å². The minimum atomic E-state index is -4.00. The molecule has 3 aliphatic heterocycles. The van der Waals surface area contributed by atoms with E-state index >= 15 is 0 Å². The summed E-state index contributed by atoms with van der Waals surface area (Å²) < 4.78 is 76.5. The van der Waals surface area contributed by atoms with Crippen molar-refractivity contribution in [1.29, 1.82) is 0 Å². The van der Waals surface area contributed by atoms with Gasteiger partial charge in [-0.3, -0.25) is 4.90 Å². The summed E-state index contributed by atoms with van der Waals surface area (Å²) in [5.74, 6) is 2.62. The quantitative estimate of drug-likeness (QED) is 0.419. The predicted molar refractivity (Wildman–Crippen MR) is 138 cm³/mol. The Morgan fingerprint density at radius 1 is 1.03 bits per heavy atom. The molecule has 0 amide bonds. The van der Waals surface area contributed by atoms with Crippen molar-refractivity contribution in [3.8, 4) is 0 Å². The van der Waals surface area contributed by atoms with E-state index < -0.39 is 43.7 Å². The van der Waals surface area contributed by atoms with E-state index in [0.29, 0.717) is 39.2 Å². The number of halogens is 2. The van der Waals surface area contributed by atoms with Gasteiger partial charge in [-0.1, -0.05) is 17.7 Å². The summed E-state index contributed by atoms with van der Waals surface area (Å²) in [5.41, 5.74) is 9.50. The van der Waals surface area contributed by atoms with E-state index in [2.05, 4.69) is 14.9 Å². The normalized spacial score (nSPS) is 26.9. The van der Waals surface area contributed by atoms with Crippen molar-refractivity contribution < 1.29 is 26.1 Å². The number of hydrogen-bond acceptors (Lipinski definition) is 6. The topological polar surface area (TPSA) is 105 Å². The second-order valence-corrected chi connectivity index (χ2v) is 13.9. The van der Waals surface area contributed by atoms with Crippen molar-refractivity contribution in [3.63, 3.8) is 0 Å². The van der Waals surface area contributed by atoms with Crippen LogP contribution in [0.25, 0.3) is 0 Å². The lowest BCUT2D eigenvalue weighted by Crippen LogP contribution is -2.50. The smallest absolute Gasteiger partial charge is 0.252 e. The Bertz CT molecular complexity index is 1430. The predicted octanol–water partition coefficient (Wildman–Crippen LogP) is 1.88. The molecule has 0 aromatic heterocycles. The number of sulfonamides is 1. The van der Waals surface area contributed by atoms with Gasteiger partial charge in [0.1, 0.15) is 27.6 Å². The molecular weight excluding hydrogens is 522 g/mol. The highest BCUT2D eigenvalue weighted by Crippen LogP contribution is 2.35. The van der Waals surface area contributed by atoms with Crippen molar-refractivity contribution in [2.75, 3.05) is 32.8 Å². The van der Waals surface area contributed by atoms with Gasteiger partial charge in [-0.15, -0.1) is 4.13 Å². The first-order valence-corrected chi connectivity index (χ1v) is 15.1. The highest BCUT2D eigenvalue weighted by Gasteiger charge is 2.40. The van der Waals surface area contributed by atoms with Crippen LogP contribution in [0.5, 0.6) is 0 Å². The fraction of sp³-hybridized carbons (Fsp3) is 0.400. The first-order valence-electron chi connectivity index (χ1n) is 11.9. The molecule has 4 unspecified atom stereocenters. The molecule has 0 bridgehead atoms. The molecule has 8 nitrogen and oxygen atoms in total. The molecule has 1 saturated heterocycles.